The van der Waals surface area contributed by atoms with E-state index in [1.54, 1.807) is 18.2 Å². The highest BCUT2D eigenvalue weighted by Crippen LogP contribution is 2.33. The molecule has 0 aliphatic carbocycles. The fraction of sp³-hybridized carbons (Fsp3) is 0.0667. The Morgan fingerprint density at radius 1 is 1.24 bits per heavy atom. The van der Waals surface area contributed by atoms with Gasteiger partial charge < -0.3 is 10.3 Å². The number of halogens is 2. The Morgan fingerprint density at radius 3 is 2.76 bits per heavy atom. The number of hydrogen-bond acceptors (Lipinski definition) is 4. The molecule has 21 heavy (non-hydrogen) atoms. The third-order valence-electron chi connectivity index (χ3n) is 3.12. The zero-order valence-corrected chi connectivity index (χ0v) is 13.4. The summed E-state index contributed by atoms with van der Waals surface area (Å²) in [5.74, 6) is 0.824. The molecule has 0 aliphatic heterocycles. The van der Waals surface area contributed by atoms with Gasteiger partial charge in [0.25, 0.3) is 5.89 Å². The number of benzene rings is 2. The van der Waals surface area contributed by atoms with Crippen LogP contribution in [0.1, 0.15) is 5.56 Å². The van der Waals surface area contributed by atoms with E-state index in [0.29, 0.717) is 28.0 Å². The van der Waals surface area contributed by atoms with Gasteiger partial charge in [-0.15, -0.1) is 0 Å². The lowest BCUT2D eigenvalue weighted by Crippen LogP contribution is -1.91. The predicted octanol–water partition coefficient (Wildman–Crippen LogP) is 4.71. The zero-order valence-electron chi connectivity index (χ0n) is 11.1. The molecule has 2 aromatic carbocycles. The first-order chi connectivity index (χ1) is 10.1. The van der Waals surface area contributed by atoms with Crippen molar-refractivity contribution in [2.45, 2.75) is 6.92 Å². The van der Waals surface area contributed by atoms with Crippen LogP contribution in [-0.2, 0) is 0 Å². The highest BCUT2D eigenvalue weighted by molar-refractivity contribution is 9.10. The first-order valence-corrected chi connectivity index (χ1v) is 7.38. The van der Waals surface area contributed by atoms with Crippen molar-refractivity contribution in [3.63, 3.8) is 0 Å². The van der Waals surface area contributed by atoms with Gasteiger partial charge in [-0.3, -0.25) is 0 Å². The van der Waals surface area contributed by atoms with Crippen molar-refractivity contribution in [1.82, 2.24) is 10.1 Å². The van der Waals surface area contributed by atoms with Crippen LogP contribution in [0.3, 0.4) is 0 Å². The number of nitrogen functional groups attached to an aromatic ring is 1. The Labute approximate surface area is 135 Å². The summed E-state index contributed by atoms with van der Waals surface area (Å²) in [6, 6.07) is 11.1. The molecule has 0 spiro atoms. The number of hydrogen-bond donors (Lipinski definition) is 1. The minimum absolute atomic E-state index is 0.315. The van der Waals surface area contributed by atoms with Crippen molar-refractivity contribution < 1.29 is 4.52 Å². The van der Waals surface area contributed by atoms with Gasteiger partial charge in [-0.2, -0.15) is 4.98 Å². The molecule has 0 unspecified atom stereocenters. The standard InChI is InChI=1S/C15H11BrClN3O/c1-8-7-9(16)5-6-10(8)14-19-15(21-20-14)13-11(17)3-2-4-12(13)18/h2-7H,18H2,1H3. The van der Waals surface area contributed by atoms with E-state index in [1.807, 2.05) is 25.1 Å². The predicted molar refractivity (Wildman–Crippen MR) is 87.0 cm³/mol. The highest BCUT2D eigenvalue weighted by atomic mass is 79.9. The summed E-state index contributed by atoms with van der Waals surface area (Å²) in [5.41, 5.74) is 8.95. The lowest BCUT2D eigenvalue weighted by Gasteiger charge is -2.02. The van der Waals surface area contributed by atoms with E-state index in [4.69, 9.17) is 21.9 Å². The molecule has 1 aromatic heterocycles. The third kappa shape index (κ3) is 2.66. The molecule has 0 saturated heterocycles. The number of rotatable bonds is 2. The lowest BCUT2D eigenvalue weighted by atomic mass is 10.1. The Morgan fingerprint density at radius 2 is 2.05 bits per heavy atom. The highest BCUT2D eigenvalue weighted by Gasteiger charge is 2.17. The van der Waals surface area contributed by atoms with Crippen LogP contribution in [0.4, 0.5) is 5.69 Å². The second-order valence-electron chi connectivity index (χ2n) is 4.59. The fourth-order valence-electron chi connectivity index (χ4n) is 2.08. The van der Waals surface area contributed by atoms with Gasteiger partial charge in [0.15, 0.2) is 0 Å². The summed E-state index contributed by atoms with van der Waals surface area (Å²) in [7, 11) is 0. The summed E-state index contributed by atoms with van der Waals surface area (Å²) in [6.45, 7) is 1.99. The topological polar surface area (TPSA) is 64.9 Å². The van der Waals surface area contributed by atoms with Crippen LogP contribution in [0.25, 0.3) is 22.8 Å². The number of anilines is 1. The largest absolute Gasteiger partial charge is 0.398 e. The van der Waals surface area contributed by atoms with Crippen LogP contribution >= 0.6 is 27.5 Å². The Kier molecular flexibility index (Phi) is 3.69. The molecule has 0 bridgehead atoms. The summed E-state index contributed by atoms with van der Waals surface area (Å²) >= 11 is 9.59. The SMILES string of the molecule is Cc1cc(Br)ccc1-c1noc(-c2c(N)cccc2Cl)n1. The van der Waals surface area contributed by atoms with Crippen LogP contribution in [0.15, 0.2) is 45.4 Å². The van der Waals surface area contributed by atoms with E-state index in [-0.39, 0.29) is 0 Å². The lowest BCUT2D eigenvalue weighted by molar-refractivity contribution is 0.432. The van der Waals surface area contributed by atoms with Crippen molar-refractivity contribution in [3.8, 4) is 22.8 Å². The number of aromatic nitrogens is 2. The first kappa shape index (κ1) is 14.1. The third-order valence-corrected chi connectivity index (χ3v) is 3.92. The average molecular weight is 365 g/mol. The fourth-order valence-corrected chi connectivity index (χ4v) is 2.82. The van der Waals surface area contributed by atoms with Gasteiger partial charge >= 0.3 is 0 Å². The molecule has 3 rings (SSSR count). The van der Waals surface area contributed by atoms with Crippen molar-refractivity contribution >= 4 is 33.2 Å². The molecule has 0 fully saturated rings. The van der Waals surface area contributed by atoms with E-state index in [2.05, 4.69) is 26.1 Å². The van der Waals surface area contributed by atoms with E-state index in [0.717, 1.165) is 15.6 Å². The maximum absolute atomic E-state index is 6.16. The molecule has 0 atom stereocenters. The van der Waals surface area contributed by atoms with E-state index in [1.165, 1.54) is 0 Å². The van der Waals surface area contributed by atoms with Gasteiger partial charge in [0, 0.05) is 15.7 Å². The molecular formula is C15H11BrClN3O. The van der Waals surface area contributed by atoms with Gasteiger partial charge in [0.05, 0.1) is 10.6 Å². The summed E-state index contributed by atoms with van der Waals surface area (Å²) in [5, 5.41) is 4.50. The van der Waals surface area contributed by atoms with Crippen LogP contribution in [-0.4, -0.2) is 10.1 Å². The van der Waals surface area contributed by atoms with Gasteiger partial charge in [0.1, 0.15) is 0 Å². The van der Waals surface area contributed by atoms with Crippen molar-refractivity contribution in [2.24, 2.45) is 0 Å². The smallest absolute Gasteiger partial charge is 0.261 e. The molecule has 1 heterocycles. The van der Waals surface area contributed by atoms with Crippen LogP contribution in [0, 0.1) is 6.92 Å². The second-order valence-corrected chi connectivity index (χ2v) is 5.91. The number of aryl methyl sites for hydroxylation is 1. The quantitative estimate of drug-likeness (QED) is 0.669. The molecule has 0 aliphatic rings. The molecule has 0 radical (unpaired) electrons. The Hall–Kier alpha value is -1.85. The molecule has 6 heteroatoms. The number of nitrogens with zero attached hydrogens (tertiary/aromatic N) is 2. The molecule has 3 aromatic rings. The van der Waals surface area contributed by atoms with Crippen LogP contribution in [0.2, 0.25) is 5.02 Å². The molecule has 4 nitrogen and oxygen atoms in total. The van der Waals surface area contributed by atoms with Crippen molar-refractivity contribution in [2.75, 3.05) is 5.73 Å². The minimum atomic E-state index is 0.315. The molecule has 2 N–H and O–H groups in total. The summed E-state index contributed by atoms with van der Waals surface area (Å²) in [6.07, 6.45) is 0. The van der Waals surface area contributed by atoms with Crippen molar-refractivity contribution in [3.05, 3.63) is 51.5 Å². The van der Waals surface area contributed by atoms with Gasteiger partial charge in [0.2, 0.25) is 5.82 Å². The summed E-state index contributed by atoms with van der Waals surface area (Å²) < 4.78 is 6.32. The number of nitrogens with two attached hydrogens (primary N) is 1. The molecule has 0 saturated carbocycles. The van der Waals surface area contributed by atoms with Crippen LogP contribution in [0.5, 0.6) is 0 Å². The first-order valence-electron chi connectivity index (χ1n) is 6.21. The average Bonchev–Trinajstić information content (AvgIpc) is 2.87. The van der Waals surface area contributed by atoms with Crippen molar-refractivity contribution in [1.29, 1.82) is 0 Å². The van der Waals surface area contributed by atoms with Gasteiger partial charge in [-0.25, -0.2) is 0 Å². The molecule has 0 amide bonds. The van der Waals surface area contributed by atoms with Gasteiger partial charge in [-0.05, 0) is 42.8 Å². The Balaban J connectivity index is 2.08. The summed E-state index contributed by atoms with van der Waals surface area (Å²) in [4.78, 5) is 4.41. The van der Waals surface area contributed by atoms with E-state index in [9.17, 15) is 0 Å². The molecule has 106 valence electrons. The Bertz CT molecular complexity index is 796. The van der Waals surface area contributed by atoms with E-state index >= 15 is 0 Å². The molecular weight excluding hydrogens is 354 g/mol. The monoisotopic (exact) mass is 363 g/mol. The van der Waals surface area contributed by atoms with E-state index < -0.39 is 0 Å². The zero-order chi connectivity index (χ0) is 15.0. The van der Waals surface area contributed by atoms with Crippen LogP contribution < -0.4 is 5.73 Å². The minimum Gasteiger partial charge on any atom is -0.398 e. The van der Waals surface area contributed by atoms with Gasteiger partial charge in [-0.1, -0.05) is 38.8 Å². The maximum Gasteiger partial charge on any atom is 0.261 e. The normalized spacial score (nSPS) is 10.8. The second kappa shape index (κ2) is 5.50. The maximum atomic E-state index is 6.16.